The zero-order valence-corrected chi connectivity index (χ0v) is 16.9. The monoisotopic (exact) mass is 346 g/mol. The Morgan fingerprint density at radius 2 is 0.880 bits per heavy atom. The van der Waals surface area contributed by atoms with E-state index in [2.05, 4.69) is 38.2 Å². The number of ether oxygens (including phenoxy) is 1. The van der Waals surface area contributed by atoms with Gasteiger partial charge in [-0.1, -0.05) is 102 Å². The third kappa shape index (κ3) is 22.8. The first-order valence-corrected chi connectivity index (χ1v) is 10.7. The zero-order chi connectivity index (χ0) is 18.3. The van der Waals surface area contributed by atoms with Crippen LogP contribution in [0.2, 0.25) is 0 Å². The van der Waals surface area contributed by atoms with Crippen molar-refractivity contribution in [3.8, 4) is 0 Å². The topological polar surface area (TPSA) is 9.23 Å². The molecule has 0 amide bonds. The molecule has 0 saturated carbocycles. The summed E-state index contributed by atoms with van der Waals surface area (Å²) in [4.78, 5) is 0. The normalized spacial score (nSPS) is 12.4. The highest BCUT2D eigenvalue weighted by molar-refractivity contribution is 5.02. The molecule has 0 saturated heterocycles. The molecule has 1 nitrogen and oxygen atoms in total. The Morgan fingerprint density at radius 1 is 0.480 bits per heavy atom. The Kier molecular flexibility index (Phi) is 21.6. The van der Waals surface area contributed by atoms with Crippen LogP contribution in [0.1, 0.15) is 104 Å². The molecule has 0 N–H and O–H groups in total. The Hall–Kier alpha value is -1.24. The predicted octanol–water partition coefficient (Wildman–Crippen LogP) is 8.64. The number of allylic oxidation sites excluding steroid dienone is 6. The smallest absolute Gasteiger partial charge is 0.0901 e. The lowest BCUT2D eigenvalue weighted by Gasteiger charge is -1.97. The van der Waals surface area contributed by atoms with Gasteiger partial charge in [0, 0.05) is 0 Å². The molecule has 0 aliphatic heterocycles. The highest BCUT2D eigenvalue weighted by Gasteiger charge is 1.88. The Balaban J connectivity index is 3.35. The van der Waals surface area contributed by atoms with Crippen LogP contribution in [0, 0.1) is 0 Å². The van der Waals surface area contributed by atoms with E-state index in [9.17, 15) is 0 Å². The lowest BCUT2D eigenvalue weighted by atomic mass is 10.1. The van der Waals surface area contributed by atoms with Crippen LogP contribution in [-0.4, -0.2) is 0 Å². The van der Waals surface area contributed by atoms with Crippen LogP contribution in [-0.2, 0) is 4.74 Å². The molecule has 0 unspecified atom stereocenters. The maximum Gasteiger partial charge on any atom is 0.0901 e. The molecule has 0 radical (unpaired) electrons. The number of rotatable bonds is 18. The molecule has 0 rings (SSSR count). The summed E-state index contributed by atoms with van der Waals surface area (Å²) in [7, 11) is 0. The van der Waals surface area contributed by atoms with Crippen molar-refractivity contribution in [2.24, 2.45) is 0 Å². The Morgan fingerprint density at radius 3 is 1.32 bits per heavy atom. The first-order valence-electron chi connectivity index (χ1n) is 10.7. The van der Waals surface area contributed by atoms with Gasteiger partial charge in [-0.15, -0.1) is 0 Å². The van der Waals surface area contributed by atoms with Crippen LogP contribution >= 0.6 is 0 Å². The van der Waals surface area contributed by atoms with Crippen LogP contribution in [0.5, 0.6) is 0 Å². The quantitative estimate of drug-likeness (QED) is 0.137. The van der Waals surface area contributed by atoms with E-state index < -0.39 is 0 Å². The van der Waals surface area contributed by atoms with Crippen molar-refractivity contribution in [2.75, 3.05) is 0 Å². The van der Waals surface area contributed by atoms with E-state index in [0.717, 1.165) is 0 Å². The van der Waals surface area contributed by atoms with Crippen molar-refractivity contribution in [3.63, 3.8) is 0 Å². The largest absolute Gasteiger partial charge is 0.473 e. The minimum absolute atomic E-state index is 1.17. The summed E-state index contributed by atoms with van der Waals surface area (Å²) in [6.07, 6.45) is 34.7. The van der Waals surface area contributed by atoms with Gasteiger partial charge in [0.1, 0.15) is 0 Å². The van der Waals surface area contributed by atoms with Gasteiger partial charge in [-0.25, -0.2) is 0 Å². The van der Waals surface area contributed by atoms with Crippen molar-refractivity contribution in [3.05, 3.63) is 49.0 Å². The summed E-state index contributed by atoms with van der Waals surface area (Å²) >= 11 is 0. The molecule has 0 aromatic rings. The molecule has 0 atom stereocenters. The lowest BCUT2D eigenvalue weighted by molar-refractivity contribution is 0.403. The molecule has 0 spiro atoms. The minimum Gasteiger partial charge on any atom is -0.473 e. The van der Waals surface area contributed by atoms with Gasteiger partial charge in [0.05, 0.1) is 12.5 Å². The van der Waals surface area contributed by atoms with Crippen molar-refractivity contribution < 1.29 is 4.74 Å². The fourth-order valence-electron chi connectivity index (χ4n) is 2.66. The van der Waals surface area contributed by atoms with E-state index in [1.807, 2.05) is 12.2 Å². The van der Waals surface area contributed by atoms with E-state index in [4.69, 9.17) is 4.74 Å². The zero-order valence-electron chi connectivity index (χ0n) is 16.9. The molecular formula is C24H42O. The highest BCUT2D eigenvalue weighted by atomic mass is 16.5. The maximum atomic E-state index is 5.31. The Labute approximate surface area is 157 Å². The van der Waals surface area contributed by atoms with Crippen molar-refractivity contribution in [1.82, 2.24) is 0 Å². The van der Waals surface area contributed by atoms with Crippen molar-refractivity contribution in [1.29, 1.82) is 0 Å². The van der Waals surface area contributed by atoms with Gasteiger partial charge in [0.2, 0.25) is 0 Å². The van der Waals surface area contributed by atoms with Crippen molar-refractivity contribution >= 4 is 0 Å². The lowest BCUT2D eigenvalue weighted by Crippen LogP contribution is -1.77. The van der Waals surface area contributed by atoms with E-state index in [1.165, 1.54) is 89.9 Å². The van der Waals surface area contributed by atoms with Gasteiger partial charge >= 0.3 is 0 Å². The molecule has 0 bridgehead atoms. The first kappa shape index (κ1) is 23.8. The third-order valence-electron chi connectivity index (χ3n) is 4.26. The first-order chi connectivity index (χ1) is 12.4. The average Bonchev–Trinajstić information content (AvgIpc) is 2.63. The van der Waals surface area contributed by atoms with Gasteiger partial charge in [-0.3, -0.25) is 0 Å². The SMILES string of the molecule is CCCCCCCCC=CC=COC=CC=CCCCCCCCC. The summed E-state index contributed by atoms with van der Waals surface area (Å²) in [5.74, 6) is 0. The van der Waals surface area contributed by atoms with E-state index >= 15 is 0 Å². The fraction of sp³-hybridized carbons (Fsp3) is 0.667. The van der Waals surface area contributed by atoms with Crippen LogP contribution in [0.4, 0.5) is 0 Å². The van der Waals surface area contributed by atoms with E-state index in [0.29, 0.717) is 0 Å². The predicted molar refractivity (Wildman–Crippen MR) is 114 cm³/mol. The minimum atomic E-state index is 1.17. The number of hydrogen-bond donors (Lipinski definition) is 0. The molecule has 0 fully saturated rings. The Bertz CT molecular complexity index is 315. The van der Waals surface area contributed by atoms with Crippen LogP contribution < -0.4 is 0 Å². The molecule has 25 heavy (non-hydrogen) atoms. The van der Waals surface area contributed by atoms with E-state index in [-0.39, 0.29) is 0 Å². The molecular weight excluding hydrogens is 304 g/mol. The molecule has 0 heterocycles. The molecule has 1 heteroatoms. The summed E-state index contributed by atoms with van der Waals surface area (Å²) in [6.45, 7) is 4.53. The maximum absolute atomic E-state index is 5.31. The summed E-state index contributed by atoms with van der Waals surface area (Å²) in [6, 6.07) is 0. The number of unbranched alkanes of at least 4 members (excludes halogenated alkanes) is 12. The second-order valence-electron chi connectivity index (χ2n) is 6.76. The molecule has 144 valence electrons. The molecule has 0 aliphatic carbocycles. The summed E-state index contributed by atoms with van der Waals surface area (Å²) < 4.78 is 5.31. The van der Waals surface area contributed by atoms with Gasteiger partial charge in [0.25, 0.3) is 0 Å². The molecule has 0 aromatic carbocycles. The van der Waals surface area contributed by atoms with Gasteiger partial charge in [-0.2, -0.15) is 0 Å². The molecule has 0 aromatic heterocycles. The van der Waals surface area contributed by atoms with Crippen molar-refractivity contribution in [2.45, 2.75) is 104 Å². The van der Waals surface area contributed by atoms with E-state index in [1.54, 1.807) is 12.5 Å². The van der Waals surface area contributed by atoms with Gasteiger partial charge in [0.15, 0.2) is 0 Å². The third-order valence-corrected chi connectivity index (χ3v) is 4.26. The van der Waals surface area contributed by atoms with Gasteiger partial charge < -0.3 is 4.74 Å². The van der Waals surface area contributed by atoms with Crippen LogP contribution in [0.15, 0.2) is 49.0 Å². The standard InChI is InChI=1S/C24H42O/c1-3-5-7-9-11-13-15-17-19-21-23-25-24-22-20-18-16-14-12-10-8-6-4-2/h17-24H,3-16H2,1-2H3. The van der Waals surface area contributed by atoms with Gasteiger partial charge in [-0.05, 0) is 37.8 Å². The second kappa shape index (κ2) is 22.8. The van der Waals surface area contributed by atoms with Crippen LogP contribution in [0.3, 0.4) is 0 Å². The van der Waals surface area contributed by atoms with Crippen LogP contribution in [0.25, 0.3) is 0 Å². The summed E-state index contributed by atoms with van der Waals surface area (Å²) in [5.41, 5.74) is 0. The second-order valence-corrected chi connectivity index (χ2v) is 6.76. The molecule has 0 aliphatic rings. The summed E-state index contributed by atoms with van der Waals surface area (Å²) in [5, 5.41) is 0. The highest BCUT2D eigenvalue weighted by Crippen LogP contribution is 2.08. The fourth-order valence-corrected chi connectivity index (χ4v) is 2.66. The number of hydrogen-bond acceptors (Lipinski definition) is 1. The average molecular weight is 347 g/mol.